The van der Waals surface area contributed by atoms with E-state index < -0.39 is 0 Å². The first kappa shape index (κ1) is 38.5. The Balaban J connectivity index is -0.0000000978. The van der Waals surface area contributed by atoms with Crippen molar-refractivity contribution in [2.75, 3.05) is 48.8 Å². The van der Waals surface area contributed by atoms with Crippen molar-refractivity contribution in [2.45, 2.75) is 34.1 Å². The number of hydrogen-bond acceptors (Lipinski definition) is 5. The van der Waals surface area contributed by atoms with Crippen LogP contribution in [0.1, 0.15) is 34.1 Å². The second-order valence-electron chi connectivity index (χ2n) is 5.47. The van der Waals surface area contributed by atoms with Gasteiger partial charge in [0, 0.05) is 47.2 Å². The molecule has 0 saturated heterocycles. The van der Waals surface area contributed by atoms with Gasteiger partial charge < -0.3 is 26.2 Å². The number of carbonyl (C=O) groups is 4. The van der Waals surface area contributed by atoms with Gasteiger partial charge in [0.05, 0.1) is 0 Å². The van der Waals surface area contributed by atoms with E-state index in [1.807, 2.05) is 32.0 Å². The number of amides is 4. The highest BCUT2D eigenvalue weighted by Crippen LogP contribution is 1.82. The highest BCUT2D eigenvalue weighted by molar-refractivity contribution is 5.93. The summed E-state index contributed by atoms with van der Waals surface area (Å²) in [5.74, 6) is 4.45. The van der Waals surface area contributed by atoms with Crippen LogP contribution in [0.5, 0.6) is 0 Å². The van der Waals surface area contributed by atoms with Gasteiger partial charge in [-0.1, -0.05) is 32.9 Å². The number of rotatable bonds is 6. The van der Waals surface area contributed by atoms with Gasteiger partial charge in [-0.2, -0.15) is 0 Å². The van der Waals surface area contributed by atoms with Gasteiger partial charge in [0.25, 0.3) is 5.91 Å². The summed E-state index contributed by atoms with van der Waals surface area (Å²) in [6.45, 7) is 7.62. The third-order valence-electron chi connectivity index (χ3n) is 2.64. The zero-order chi connectivity index (χ0) is 24.4. The smallest absolute Gasteiger partial charge is 0.295 e. The average Bonchev–Trinajstić information content (AvgIpc) is 2.74. The summed E-state index contributed by atoms with van der Waals surface area (Å²) < 4.78 is 0. The van der Waals surface area contributed by atoms with Crippen molar-refractivity contribution in [3.8, 4) is 11.8 Å². The zero-order valence-electron chi connectivity index (χ0n) is 19.6. The van der Waals surface area contributed by atoms with Crippen molar-refractivity contribution in [3.05, 3.63) is 24.8 Å². The van der Waals surface area contributed by atoms with Gasteiger partial charge in [0.1, 0.15) is 0 Å². The predicted octanol–water partition coefficient (Wildman–Crippen LogP) is 0.693. The summed E-state index contributed by atoms with van der Waals surface area (Å²) in [5, 5.41) is 9.73. The van der Waals surface area contributed by atoms with Crippen LogP contribution in [-0.4, -0.2) is 77.4 Å². The third-order valence-corrected chi connectivity index (χ3v) is 2.64. The van der Waals surface area contributed by atoms with Gasteiger partial charge in [-0.25, -0.2) is 0 Å². The maximum atomic E-state index is 10.6. The van der Waals surface area contributed by atoms with Crippen LogP contribution < -0.4 is 21.3 Å². The molecule has 0 rings (SSSR count). The highest BCUT2D eigenvalue weighted by Gasteiger charge is 1.90. The Morgan fingerprint density at radius 1 is 0.935 bits per heavy atom. The summed E-state index contributed by atoms with van der Waals surface area (Å²) >= 11 is 0. The summed E-state index contributed by atoms with van der Waals surface area (Å²) in [4.78, 5) is 42.9. The van der Waals surface area contributed by atoms with E-state index in [4.69, 9.17) is 0 Å². The fourth-order valence-electron chi connectivity index (χ4n) is 1.08. The van der Waals surface area contributed by atoms with Crippen molar-refractivity contribution in [1.82, 2.24) is 26.2 Å². The van der Waals surface area contributed by atoms with E-state index in [0.717, 1.165) is 13.0 Å². The molecule has 0 aromatic carbocycles. The summed E-state index contributed by atoms with van der Waals surface area (Å²) in [7, 11) is 10.3. The van der Waals surface area contributed by atoms with Crippen LogP contribution in [0.4, 0.5) is 0 Å². The second kappa shape index (κ2) is 31.6. The summed E-state index contributed by atoms with van der Waals surface area (Å²) in [5.41, 5.74) is 0. The molecule has 9 heteroatoms. The summed E-state index contributed by atoms with van der Waals surface area (Å²) in [6, 6.07) is 0. The highest BCUT2D eigenvalue weighted by atomic mass is 16.2. The molecule has 0 radical (unpaired) electrons. The van der Waals surface area contributed by atoms with Gasteiger partial charge in [-0.15, -0.1) is 0 Å². The first-order valence-electron chi connectivity index (χ1n) is 9.31. The molecular weight excluding hydrogens is 398 g/mol. The van der Waals surface area contributed by atoms with E-state index in [-0.39, 0.29) is 31.1 Å². The number of likely N-dealkylation sites (N-methyl/N-ethyl adjacent to an activating group) is 3. The molecule has 0 aliphatic carbocycles. The fraction of sp³-hybridized carbons (Fsp3) is 0.545. The van der Waals surface area contributed by atoms with Crippen molar-refractivity contribution >= 4 is 23.6 Å². The lowest BCUT2D eigenvalue weighted by molar-refractivity contribution is -0.120. The summed E-state index contributed by atoms with van der Waals surface area (Å²) in [6.07, 6.45) is 6.15. The standard InChI is InChI=1S/C7H14N2O.C5H11NO.C5H7NO.C4H7NO.CH4/c1-8-7(10)5-4-6-9(2)3;2*1-3-4-5(7)6-2;1-3-4(6)5-2;/h4-5H,6H2,1-3H3,(H,8,10);3-4H2,1-2H3,(H,6,7);1-2H3,(H,6,7);3H,1H2,2H3,(H,5,6);1H4/b5-4+;;;;. The van der Waals surface area contributed by atoms with Crippen molar-refractivity contribution in [3.63, 3.8) is 0 Å². The molecule has 0 aromatic rings. The number of hydrogen-bond donors (Lipinski definition) is 4. The van der Waals surface area contributed by atoms with Crippen molar-refractivity contribution in [1.29, 1.82) is 0 Å². The Kier molecular flexibility index (Phi) is 39.2. The molecule has 180 valence electrons. The number of carbonyl (C=O) groups excluding carboxylic acids is 4. The van der Waals surface area contributed by atoms with E-state index in [1.54, 1.807) is 35.1 Å². The fourth-order valence-corrected chi connectivity index (χ4v) is 1.08. The second-order valence-corrected chi connectivity index (χ2v) is 5.47. The Morgan fingerprint density at radius 3 is 1.65 bits per heavy atom. The molecule has 4 N–H and O–H groups in total. The van der Waals surface area contributed by atoms with Crippen LogP contribution in [0, 0.1) is 11.8 Å². The predicted molar refractivity (Wildman–Crippen MR) is 129 cm³/mol. The molecule has 0 bridgehead atoms. The van der Waals surface area contributed by atoms with E-state index in [0.29, 0.717) is 6.42 Å². The van der Waals surface area contributed by atoms with Gasteiger partial charge in [0.2, 0.25) is 17.7 Å². The van der Waals surface area contributed by atoms with Crippen molar-refractivity contribution < 1.29 is 19.2 Å². The molecule has 4 amide bonds. The van der Waals surface area contributed by atoms with Crippen molar-refractivity contribution in [2.24, 2.45) is 0 Å². The number of nitrogens with one attached hydrogen (secondary N) is 4. The normalized spacial score (nSPS) is 8.03. The molecule has 9 nitrogen and oxygen atoms in total. The molecule has 0 aliphatic heterocycles. The van der Waals surface area contributed by atoms with E-state index in [1.165, 1.54) is 12.2 Å². The van der Waals surface area contributed by atoms with Gasteiger partial charge in [0.15, 0.2) is 0 Å². The first-order chi connectivity index (χ1) is 14.1. The molecular formula is C22H43N5O4. The van der Waals surface area contributed by atoms with Crippen LogP contribution >= 0.6 is 0 Å². The molecule has 0 aliphatic rings. The minimum atomic E-state index is -0.234. The monoisotopic (exact) mass is 441 g/mol. The Bertz CT molecular complexity index is 576. The Labute approximate surface area is 189 Å². The maximum Gasteiger partial charge on any atom is 0.295 e. The van der Waals surface area contributed by atoms with Crippen LogP contribution in [0.2, 0.25) is 0 Å². The lowest BCUT2D eigenvalue weighted by Crippen LogP contribution is -2.16. The van der Waals surface area contributed by atoms with Crippen LogP contribution in [0.3, 0.4) is 0 Å². The lowest BCUT2D eigenvalue weighted by Gasteiger charge is -2.02. The van der Waals surface area contributed by atoms with Gasteiger partial charge in [-0.3, -0.25) is 19.2 Å². The molecule has 0 fully saturated rings. The van der Waals surface area contributed by atoms with E-state index in [2.05, 4.69) is 39.7 Å². The third kappa shape index (κ3) is 46.7. The minimum Gasteiger partial charge on any atom is -0.359 e. The lowest BCUT2D eigenvalue weighted by atomic mass is 10.3. The average molecular weight is 442 g/mol. The van der Waals surface area contributed by atoms with Crippen LogP contribution in [0.15, 0.2) is 24.8 Å². The van der Waals surface area contributed by atoms with E-state index in [9.17, 15) is 19.2 Å². The molecule has 0 saturated carbocycles. The molecule has 0 aromatic heterocycles. The SMILES string of the molecule is C.C=CC(=O)NC.CC#CC(=O)NC.CCCC(=O)NC.CNC(=O)/C=C/CN(C)C. The van der Waals surface area contributed by atoms with Gasteiger partial charge >= 0.3 is 0 Å². The molecule has 0 atom stereocenters. The minimum absolute atomic E-state index is 0. The van der Waals surface area contributed by atoms with E-state index >= 15 is 0 Å². The zero-order valence-corrected chi connectivity index (χ0v) is 19.6. The van der Waals surface area contributed by atoms with Crippen LogP contribution in [-0.2, 0) is 19.2 Å². The quantitative estimate of drug-likeness (QED) is 0.357. The Morgan fingerprint density at radius 2 is 1.45 bits per heavy atom. The number of nitrogens with zero attached hydrogens (tertiary/aromatic N) is 1. The maximum absolute atomic E-state index is 10.6. The van der Waals surface area contributed by atoms with Crippen LogP contribution in [0.25, 0.3) is 0 Å². The Hall–Kier alpha value is -3.12. The topological polar surface area (TPSA) is 120 Å². The largest absolute Gasteiger partial charge is 0.359 e. The first-order valence-corrected chi connectivity index (χ1v) is 9.31. The molecule has 0 heterocycles. The van der Waals surface area contributed by atoms with Gasteiger partial charge in [-0.05, 0) is 39.4 Å². The molecule has 0 spiro atoms. The molecule has 0 unspecified atom stereocenters. The molecule has 31 heavy (non-hydrogen) atoms.